The van der Waals surface area contributed by atoms with Crippen molar-refractivity contribution in [1.29, 1.82) is 0 Å². The minimum absolute atomic E-state index is 0.0433. The first kappa shape index (κ1) is 35.1. The lowest BCUT2D eigenvalue weighted by Gasteiger charge is -2.34. The van der Waals surface area contributed by atoms with E-state index in [2.05, 4.69) is 5.32 Å². The average molecular weight is 703 g/mol. The number of hydrogen-bond acceptors (Lipinski definition) is 5. The Bertz CT molecular complexity index is 1770. The molecule has 46 heavy (non-hydrogen) atoms. The summed E-state index contributed by atoms with van der Waals surface area (Å²) >= 11 is 19.4. The van der Waals surface area contributed by atoms with Gasteiger partial charge in [-0.3, -0.25) is 13.9 Å². The first-order valence-electron chi connectivity index (χ1n) is 14.4. The quantitative estimate of drug-likeness (QED) is 0.163. The monoisotopic (exact) mass is 701 g/mol. The van der Waals surface area contributed by atoms with Gasteiger partial charge in [-0.15, -0.1) is 0 Å². The van der Waals surface area contributed by atoms with Crippen molar-refractivity contribution in [2.75, 3.05) is 24.5 Å². The number of nitrogens with one attached hydrogen (secondary N) is 1. The molecule has 0 radical (unpaired) electrons. The smallest absolute Gasteiger partial charge is 0.264 e. The summed E-state index contributed by atoms with van der Waals surface area (Å²) in [5.74, 6) is -0.921. The lowest BCUT2D eigenvalue weighted by molar-refractivity contribution is -0.140. The molecular weight excluding hydrogens is 669 g/mol. The van der Waals surface area contributed by atoms with Crippen LogP contribution in [0.4, 0.5) is 5.69 Å². The van der Waals surface area contributed by atoms with Crippen molar-refractivity contribution >= 4 is 62.3 Å². The molecule has 4 aromatic rings. The van der Waals surface area contributed by atoms with Crippen molar-refractivity contribution in [3.63, 3.8) is 0 Å². The molecule has 1 N–H and O–H groups in total. The number of methoxy groups -OCH3 is 1. The Morgan fingerprint density at radius 3 is 2.15 bits per heavy atom. The topological polar surface area (TPSA) is 96.0 Å². The number of hydrogen-bond donors (Lipinski definition) is 1. The van der Waals surface area contributed by atoms with Crippen LogP contribution in [0.3, 0.4) is 0 Å². The van der Waals surface area contributed by atoms with Crippen LogP contribution >= 0.6 is 34.8 Å². The lowest BCUT2D eigenvalue weighted by Crippen LogP contribution is -2.53. The van der Waals surface area contributed by atoms with E-state index in [0.29, 0.717) is 22.2 Å². The number of aryl methyl sites for hydroxylation is 1. The zero-order chi connectivity index (χ0) is 33.4. The first-order chi connectivity index (χ1) is 22.0. The minimum atomic E-state index is -4.36. The van der Waals surface area contributed by atoms with E-state index in [0.717, 1.165) is 15.4 Å². The fourth-order valence-electron chi connectivity index (χ4n) is 4.91. The molecule has 0 spiro atoms. The molecule has 0 aliphatic carbocycles. The molecule has 4 aromatic carbocycles. The van der Waals surface area contributed by atoms with Crippen molar-refractivity contribution in [1.82, 2.24) is 10.2 Å². The van der Waals surface area contributed by atoms with Crippen LogP contribution < -0.4 is 14.4 Å². The Labute approximate surface area is 284 Å². The van der Waals surface area contributed by atoms with Gasteiger partial charge in [0.15, 0.2) is 0 Å². The normalized spacial score (nSPS) is 11.9. The van der Waals surface area contributed by atoms with Crippen molar-refractivity contribution in [3.8, 4) is 5.75 Å². The predicted molar refractivity (Wildman–Crippen MR) is 183 cm³/mol. The fraction of sp³-hybridized carbons (Fsp3) is 0.235. The number of carbonyl (C=O) groups is 2. The summed E-state index contributed by atoms with van der Waals surface area (Å²) in [6.07, 6.45) is 0.145. The van der Waals surface area contributed by atoms with E-state index in [1.54, 1.807) is 43.3 Å². The molecule has 4 rings (SSSR count). The van der Waals surface area contributed by atoms with Crippen molar-refractivity contribution < 1.29 is 22.7 Å². The number of halogens is 3. The summed E-state index contributed by atoms with van der Waals surface area (Å²) in [7, 11) is -2.97. The summed E-state index contributed by atoms with van der Waals surface area (Å²) in [5, 5.41) is 3.64. The molecule has 8 nitrogen and oxygen atoms in total. The minimum Gasteiger partial charge on any atom is -0.495 e. The Hall–Kier alpha value is -3.76. The van der Waals surface area contributed by atoms with Gasteiger partial charge in [0.1, 0.15) is 18.3 Å². The molecule has 0 saturated heterocycles. The highest BCUT2D eigenvalue weighted by Gasteiger charge is 2.36. The molecule has 12 heteroatoms. The maximum atomic E-state index is 14.6. The maximum absolute atomic E-state index is 14.6. The molecule has 0 heterocycles. The highest BCUT2D eigenvalue weighted by atomic mass is 35.5. The summed E-state index contributed by atoms with van der Waals surface area (Å²) in [6.45, 7) is 3.06. The summed E-state index contributed by atoms with van der Waals surface area (Å²) in [6, 6.07) is 23.9. The van der Waals surface area contributed by atoms with Gasteiger partial charge in [0.05, 0.1) is 17.7 Å². The van der Waals surface area contributed by atoms with Crippen LogP contribution in [0.2, 0.25) is 15.1 Å². The highest BCUT2D eigenvalue weighted by Crippen LogP contribution is 2.35. The molecule has 0 aromatic heterocycles. The number of ether oxygens (including phenoxy) is 1. The molecule has 0 saturated carbocycles. The van der Waals surface area contributed by atoms with Gasteiger partial charge in [-0.2, -0.15) is 0 Å². The first-order valence-corrected chi connectivity index (χ1v) is 17.0. The summed E-state index contributed by atoms with van der Waals surface area (Å²) < 4.78 is 35.0. The van der Waals surface area contributed by atoms with Gasteiger partial charge < -0.3 is 15.0 Å². The number of amides is 2. The molecule has 0 fully saturated rings. The highest BCUT2D eigenvalue weighted by molar-refractivity contribution is 7.92. The zero-order valence-corrected chi connectivity index (χ0v) is 28.6. The molecule has 0 aliphatic heterocycles. The van der Waals surface area contributed by atoms with Gasteiger partial charge in [-0.1, -0.05) is 88.9 Å². The van der Waals surface area contributed by atoms with E-state index in [1.807, 2.05) is 37.3 Å². The van der Waals surface area contributed by atoms with E-state index in [1.165, 1.54) is 36.3 Å². The molecular formula is C34H34Cl3N3O5S. The van der Waals surface area contributed by atoms with E-state index in [-0.39, 0.29) is 34.3 Å². The Kier molecular flexibility index (Phi) is 12.0. The van der Waals surface area contributed by atoms with Crippen molar-refractivity contribution in [3.05, 3.63) is 123 Å². The van der Waals surface area contributed by atoms with Crippen molar-refractivity contribution in [2.45, 2.75) is 37.8 Å². The lowest BCUT2D eigenvalue weighted by atomic mass is 10.0. The third-order valence-electron chi connectivity index (χ3n) is 7.31. The second kappa shape index (κ2) is 15.7. The standard InChI is InChI=1S/C34H34Cl3N3O5S/c1-4-38-34(42)31(19-24-9-6-5-7-10-24)39(21-27-28(36)11-8-12-29(27)37)33(41)22-40(30-20-25(35)15-18-32(30)45-3)46(43,44)26-16-13-23(2)14-17-26/h5-18,20,31H,4,19,21-22H2,1-3H3,(H,38,42)/t31-/m1/s1. The number of rotatable bonds is 13. The number of carbonyl (C=O) groups excluding carboxylic acids is 2. The predicted octanol–water partition coefficient (Wildman–Crippen LogP) is 6.94. The third kappa shape index (κ3) is 8.33. The Morgan fingerprint density at radius 2 is 1.54 bits per heavy atom. The number of benzene rings is 4. The second-order valence-corrected chi connectivity index (χ2v) is 13.6. The molecule has 0 bridgehead atoms. The molecule has 0 aliphatic rings. The number of sulfonamides is 1. The molecule has 2 amide bonds. The van der Waals surface area contributed by atoms with Gasteiger partial charge in [-0.05, 0) is 61.9 Å². The summed E-state index contributed by atoms with van der Waals surface area (Å²) in [4.78, 5) is 29.5. The van der Waals surface area contributed by atoms with Gasteiger partial charge in [-0.25, -0.2) is 8.42 Å². The zero-order valence-electron chi connectivity index (χ0n) is 25.5. The summed E-state index contributed by atoms with van der Waals surface area (Å²) in [5.41, 5.74) is 2.12. The second-order valence-electron chi connectivity index (χ2n) is 10.5. The fourth-order valence-corrected chi connectivity index (χ4v) is 7.01. The average Bonchev–Trinajstić information content (AvgIpc) is 3.03. The number of anilines is 1. The van der Waals surface area contributed by atoms with E-state index >= 15 is 0 Å². The third-order valence-corrected chi connectivity index (χ3v) is 10.0. The van der Waals surface area contributed by atoms with E-state index in [9.17, 15) is 18.0 Å². The Balaban J connectivity index is 1.88. The van der Waals surface area contributed by atoms with E-state index < -0.39 is 34.4 Å². The van der Waals surface area contributed by atoms with Crippen molar-refractivity contribution in [2.24, 2.45) is 0 Å². The largest absolute Gasteiger partial charge is 0.495 e. The van der Waals surface area contributed by atoms with Crippen LogP contribution in [0, 0.1) is 6.92 Å². The number of likely N-dealkylation sites (N-methyl/N-ethyl adjacent to an activating group) is 1. The van der Waals surface area contributed by atoms with Crippen LogP contribution in [-0.2, 0) is 32.6 Å². The Morgan fingerprint density at radius 1 is 0.891 bits per heavy atom. The van der Waals surface area contributed by atoms with Crippen LogP contribution in [0.1, 0.15) is 23.6 Å². The van der Waals surface area contributed by atoms with Gasteiger partial charge in [0, 0.05) is 40.1 Å². The van der Waals surface area contributed by atoms with Crippen LogP contribution in [-0.4, -0.2) is 51.4 Å². The van der Waals surface area contributed by atoms with Gasteiger partial charge >= 0.3 is 0 Å². The van der Waals surface area contributed by atoms with Crippen LogP contribution in [0.15, 0.2) is 95.9 Å². The van der Waals surface area contributed by atoms with E-state index in [4.69, 9.17) is 39.5 Å². The number of nitrogens with zero attached hydrogens (tertiary/aromatic N) is 2. The molecule has 242 valence electrons. The molecule has 1 atom stereocenters. The maximum Gasteiger partial charge on any atom is 0.264 e. The van der Waals surface area contributed by atoms with Gasteiger partial charge in [0.25, 0.3) is 10.0 Å². The SMILES string of the molecule is CCNC(=O)[C@@H](Cc1ccccc1)N(Cc1c(Cl)cccc1Cl)C(=O)CN(c1cc(Cl)ccc1OC)S(=O)(=O)c1ccc(C)cc1. The van der Waals surface area contributed by atoms with Crippen LogP contribution in [0.5, 0.6) is 5.75 Å². The van der Waals surface area contributed by atoms with Crippen LogP contribution in [0.25, 0.3) is 0 Å². The molecule has 0 unspecified atom stereocenters. The van der Waals surface area contributed by atoms with Gasteiger partial charge in [0.2, 0.25) is 11.8 Å².